The van der Waals surface area contributed by atoms with E-state index in [0.29, 0.717) is 12.0 Å². The first-order valence-electron chi connectivity index (χ1n) is 5.61. The van der Waals surface area contributed by atoms with E-state index in [0.717, 1.165) is 30.9 Å². The minimum Gasteiger partial charge on any atom is -0.388 e. The van der Waals surface area contributed by atoms with Gasteiger partial charge < -0.3 is 10.4 Å². The van der Waals surface area contributed by atoms with Crippen molar-refractivity contribution >= 4 is 11.8 Å². The lowest BCUT2D eigenvalue weighted by molar-refractivity contribution is 0.0624. The van der Waals surface area contributed by atoms with Crippen LogP contribution in [0.2, 0.25) is 0 Å². The molecule has 1 fully saturated rings. The molecule has 1 rings (SSSR count). The van der Waals surface area contributed by atoms with Crippen LogP contribution in [0.3, 0.4) is 0 Å². The van der Waals surface area contributed by atoms with Gasteiger partial charge in [0, 0.05) is 18.3 Å². The van der Waals surface area contributed by atoms with E-state index in [1.807, 2.05) is 11.8 Å². The molecular weight excluding hydrogens is 194 g/mol. The molecule has 0 bridgehead atoms. The molecule has 3 heteroatoms. The van der Waals surface area contributed by atoms with Crippen LogP contribution >= 0.6 is 11.8 Å². The number of rotatable bonds is 5. The lowest BCUT2D eigenvalue weighted by Crippen LogP contribution is -2.46. The van der Waals surface area contributed by atoms with Crippen LogP contribution in [0.5, 0.6) is 0 Å². The summed E-state index contributed by atoms with van der Waals surface area (Å²) in [5.74, 6) is 2.66. The molecule has 0 aromatic heterocycles. The van der Waals surface area contributed by atoms with Gasteiger partial charge in [0.15, 0.2) is 0 Å². The Labute approximate surface area is 91.9 Å². The van der Waals surface area contributed by atoms with E-state index in [4.69, 9.17) is 0 Å². The zero-order chi connectivity index (χ0) is 10.6. The van der Waals surface area contributed by atoms with Crippen LogP contribution in [0.4, 0.5) is 0 Å². The summed E-state index contributed by atoms with van der Waals surface area (Å²) in [6.07, 6.45) is 2.08. The van der Waals surface area contributed by atoms with E-state index in [2.05, 4.69) is 26.1 Å². The molecule has 1 saturated heterocycles. The van der Waals surface area contributed by atoms with Gasteiger partial charge in [-0.05, 0) is 24.5 Å². The standard InChI is InChI=1S/C11H23NOS/c1-4-10(9(2)3)12-7-11(13)5-6-14-8-11/h9-10,12-13H,4-8H2,1-3H3. The van der Waals surface area contributed by atoms with Crippen molar-refractivity contribution in [3.05, 3.63) is 0 Å². The molecular formula is C11H23NOS. The Hall–Kier alpha value is 0.270. The molecule has 2 nitrogen and oxygen atoms in total. The van der Waals surface area contributed by atoms with Crippen LogP contribution < -0.4 is 5.32 Å². The molecule has 14 heavy (non-hydrogen) atoms. The molecule has 0 spiro atoms. The lowest BCUT2D eigenvalue weighted by Gasteiger charge is -2.27. The number of hydrogen-bond acceptors (Lipinski definition) is 3. The van der Waals surface area contributed by atoms with Crippen molar-refractivity contribution in [1.82, 2.24) is 5.32 Å². The summed E-state index contributed by atoms with van der Waals surface area (Å²) in [5, 5.41) is 13.6. The van der Waals surface area contributed by atoms with Crippen LogP contribution in [-0.2, 0) is 0 Å². The van der Waals surface area contributed by atoms with Gasteiger partial charge >= 0.3 is 0 Å². The molecule has 1 aliphatic rings. The highest BCUT2D eigenvalue weighted by molar-refractivity contribution is 7.99. The van der Waals surface area contributed by atoms with Gasteiger partial charge in [-0.15, -0.1) is 0 Å². The van der Waals surface area contributed by atoms with Crippen molar-refractivity contribution < 1.29 is 5.11 Å². The molecule has 0 radical (unpaired) electrons. The molecule has 1 aliphatic heterocycles. The molecule has 0 saturated carbocycles. The summed E-state index contributed by atoms with van der Waals surface area (Å²) in [5.41, 5.74) is -0.438. The van der Waals surface area contributed by atoms with Crippen LogP contribution in [0, 0.1) is 5.92 Å². The Morgan fingerprint density at radius 3 is 2.64 bits per heavy atom. The van der Waals surface area contributed by atoms with E-state index in [1.54, 1.807) is 0 Å². The van der Waals surface area contributed by atoms with E-state index in [9.17, 15) is 5.11 Å². The first-order valence-corrected chi connectivity index (χ1v) is 6.76. The molecule has 2 atom stereocenters. The van der Waals surface area contributed by atoms with Gasteiger partial charge in [0.05, 0.1) is 5.60 Å². The van der Waals surface area contributed by atoms with Gasteiger partial charge in [0.1, 0.15) is 0 Å². The molecule has 0 aromatic rings. The third-order valence-corrected chi connectivity index (χ3v) is 4.25. The maximum absolute atomic E-state index is 10.1. The average molecular weight is 217 g/mol. The quantitative estimate of drug-likeness (QED) is 0.737. The fourth-order valence-corrected chi connectivity index (χ4v) is 3.20. The fraction of sp³-hybridized carbons (Fsp3) is 1.00. The highest BCUT2D eigenvalue weighted by Gasteiger charge is 2.32. The van der Waals surface area contributed by atoms with Crippen molar-refractivity contribution in [2.24, 2.45) is 5.92 Å². The first-order chi connectivity index (χ1) is 6.57. The van der Waals surface area contributed by atoms with Gasteiger partial charge in [-0.1, -0.05) is 20.8 Å². The molecule has 0 amide bonds. The van der Waals surface area contributed by atoms with Gasteiger partial charge in [-0.2, -0.15) is 11.8 Å². The predicted molar refractivity (Wildman–Crippen MR) is 63.8 cm³/mol. The summed E-state index contributed by atoms with van der Waals surface area (Å²) >= 11 is 1.86. The predicted octanol–water partition coefficient (Wildman–Crippen LogP) is 1.88. The van der Waals surface area contributed by atoms with Crippen molar-refractivity contribution in [3.63, 3.8) is 0 Å². The minimum absolute atomic E-state index is 0.438. The zero-order valence-corrected chi connectivity index (χ0v) is 10.4. The van der Waals surface area contributed by atoms with Gasteiger partial charge in [0.2, 0.25) is 0 Å². The average Bonchev–Trinajstić information content (AvgIpc) is 2.53. The largest absolute Gasteiger partial charge is 0.388 e. The second-order valence-corrected chi connectivity index (χ2v) is 5.77. The highest BCUT2D eigenvalue weighted by Crippen LogP contribution is 2.27. The van der Waals surface area contributed by atoms with E-state index in [1.165, 1.54) is 0 Å². The van der Waals surface area contributed by atoms with Crippen molar-refractivity contribution in [3.8, 4) is 0 Å². The Morgan fingerprint density at radius 2 is 2.21 bits per heavy atom. The number of aliphatic hydroxyl groups is 1. The van der Waals surface area contributed by atoms with Gasteiger partial charge in [0.25, 0.3) is 0 Å². The molecule has 84 valence electrons. The Balaban J connectivity index is 2.30. The van der Waals surface area contributed by atoms with E-state index >= 15 is 0 Å². The molecule has 0 aromatic carbocycles. The maximum Gasteiger partial charge on any atom is 0.0869 e. The summed E-state index contributed by atoms with van der Waals surface area (Å²) in [6, 6.07) is 0.546. The summed E-state index contributed by atoms with van der Waals surface area (Å²) in [7, 11) is 0. The van der Waals surface area contributed by atoms with Gasteiger partial charge in [-0.3, -0.25) is 0 Å². The number of thioether (sulfide) groups is 1. The van der Waals surface area contributed by atoms with Gasteiger partial charge in [-0.25, -0.2) is 0 Å². The van der Waals surface area contributed by atoms with Crippen LogP contribution in [-0.4, -0.2) is 34.8 Å². The Morgan fingerprint density at radius 1 is 1.50 bits per heavy atom. The Bertz CT molecular complexity index is 167. The maximum atomic E-state index is 10.1. The Kier molecular flexibility index (Phi) is 4.74. The number of hydrogen-bond donors (Lipinski definition) is 2. The summed E-state index contributed by atoms with van der Waals surface area (Å²) < 4.78 is 0. The van der Waals surface area contributed by atoms with Crippen LogP contribution in [0.15, 0.2) is 0 Å². The lowest BCUT2D eigenvalue weighted by atomic mass is 9.99. The minimum atomic E-state index is -0.438. The monoisotopic (exact) mass is 217 g/mol. The van der Waals surface area contributed by atoms with E-state index < -0.39 is 5.60 Å². The smallest absolute Gasteiger partial charge is 0.0869 e. The molecule has 2 unspecified atom stereocenters. The highest BCUT2D eigenvalue weighted by atomic mass is 32.2. The van der Waals surface area contributed by atoms with Crippen LogP contribution in [0.1, 0.15) is 33.6 Å². The molecule has 0 aliphatic carbocycles. The second-order valence-electron chi connectivity index (χ2n) is 4.67. The third-order valence-electron chi connectivity index (χ3n) is 3.02. The van der Waals surface area contributed by atoms with E-state index in [-0.39, 0.29) is 0 Å². The summed E-state index contributed by atoms with van der Waals surface area (Å²) in [4.78, 5) is 0. The van der Waals surface area contributed by atoms with Crippen molar-refractivity contribution in [2.45, 2.75) is 45.3 Å². The molecule has 2 N–H and O–H groups in total. The van der Waals surface area contributed by atoms with Crippen molar-refractivity contribution in [1.29, 1.82) is 0 Å². The first kappa shape index (κ1) is 12.3. The number of nitrogens with one attached hydrogen (secondary N) is 1. The summed E-state index contributed by atoms with van der Waals surface area (Å²) in [6.45, 7) is 7.42. The normalized spacial score (nSPS) is 29.8. The topological polar surface area (TPSA) is 32.3 Å². The SMILES string of the molecule is CCC(NCC1(O)CCSC1)C(C)C. The fourth-order valence-electron chi connectivity index (χ4n) is 1.91. The second kappa shape index (κ2) is 5.38. The molecule has 1 heterocycles. The van der Waals surface area contributed by atoms with Crippen molar-refractivity contribution in [2.75, 3.05) is 18.1 Å². The zero-order valence-electron chi connectivity index (χ0n) is 9.55. The third kappa shape index (κ3) is 3.44. The van der Waals surface area contributed by atoms with Crippen LogP contribution in [0.25, 0.3) is 0 Å².